The van der Waals surface area contributed by atoms with Crippen LogP contribution in [0.4, 0.5) is 5.82 Å². The molecule has 0 aliphatic rings. The summed E-state index contributed by atoms with van der Waals surface area (Å²) in [5, 5.41) is 0.568. The number of carbonyl (C=O) groups is 1. The Morgan fingerprint density at radius 1 is 1.53 bits per heavy atom. The van der Waals surface area contributed by atoms with Gasteiger partial charge in [0.1, 0.15) is 5.03 Å². The Labute approximate surface area is 90.2 Å². The normalized spacial score (nSPS) is 9.67. The quantitative estimate of drug-likeness (QED) is 0.341. The highest BCUT2D eigenvalue weighted by Crippen LogP contribution is 2.14. The Hall–Kier alpha value is -1.83. The van der Waals surface area contributed by atoms with Gasteiger partial charge < -0.3 is 17.2 Å². The maximum atomic E-state index is 11.4. The molecule has 0 fully saturated rings. The van der Waals surface area contributed by atoms with Crippen molar-refractivity contribution in [3.8, 4) is 0 Å². The van der Waals surface area contributed by atoms with Crippen molar-refractivity contribution in [3.63, 3.8) is 0 Å². The van der Waals surface area contributed by atoms with Crippen LogP contribution in [-0.4, -0.2) is 28.1 Å². The number of hydrogen-bond acceptors (Lipinski definition) is 5. The summed E-state index contributed by atoms with van der Waals surface area (Å²) in [5.41, 5.74) is 15.5. The van der Waals surface area contributed by atoms with E-state index in [2.05, 4.69) is 15.0 Å². The molecular formula is C7H10N6OS. The van der Waals surface area contributed by atoms with E-state index in [4.69, 9.17) is 17.2 Å². The molecule has 1 rings (SSSR count). The first-order chi connectivity index (χ1) is 7.04. The maximum Gasteiger partial charge on any atom is 0.302 e. The van der Waals surface area contributed by atoms with Crippen LogP contribution in [-0.2, 0) is 0 Å². The van der Waals surface area contributed by atoms with Gasteiger partial charge in [0, 0.05) is 0 Å². The fraction of sp³-hybridized carbons (Fsp3) is 0.143. The van der Waals surface area contributed by atoms with E-state index in [0.717, 1.165) is 0 Å². The van der Waals surface area contributed by atoms with Crippen LogP contribution in [0.3, 0.4) is 0 Å². The highest BCUT2D eigenvalue weighted by Gasteiger charge is 2.13. The lowest BCUT2D eigenvalue weighted by Crippen LogP contribution is -2.24. The fourth-order valence-electron chi connectivity index (χ4n) is 0.808. The Morgan fingerprint density at radius 2 is 2.20 bits per heavy atom. The third kappa shape index (κ3) is 2.81. The lowest BCUT2D eigenvalue weighted by atomic mass is 10.4. The topological polar surface area (TPSA) is 133 Å². The fourth-order valence-corrected chi connectivity index (χ4v) is 1.15. The van der Waals surface area contributed by atoms with Crippen LogP contribution in [0.1, 0.15) is 10.5 Å². The Bertz CT molecular complexity index is 414. The molecule has 80 valence electrons. The zero-order chi connectivity index (χ0) is 11.4. The molecule has 6 N–H and O–H groups in total. The molecule has 1 heterocycles. The van der Waals surface area contributed by atoms with Gasteiger partial charge in [0.05, 0.1) is 6.20 Å². The van der Waals surface area contributed by atoms with Gasteiger partial charge in [-0.05, 0) is 6.26 Å². The summed E-state index contributed by atoms with van der Waals surface area (Å²) in [6.07, 6.45) is 3.27. The molecule has 0 bridgehead atoms. The average molecular weight is 226 g/mol. The van der Waals surface area contributed by atoms with Crippen LogP contribution in [0.15, 0.2) is 16.2 Å². The Morgan fingerprint density at radius 3 is 2.73 bits per heavy atom. The van der Waals surface area contributed by atoms with Gasteiger partial charge in [-0.15, -0.1) is 11.8 Å². The molecular weight excluding hydrogens is 216 g/mol. The van der Waals surface area contributed by atoms with E-state index in [9.17, 15) is 4.79 Å². The third-order valence-electron chi connectivity index (χ3n) is 1.42. The summed E-state index contributed by atoms with van der Waals surface area (Å²) in [6.45, 7) is 0. The summed E-state index contributed by atoms with van der Waals surface area (Å²) >= 11 is 1.34. The van der Waals surface area contributed by atoms with E-state index in [-0.39, 0.29) is 17.5 Å². The zero-order valence-corrected chi connectivity index (χ0v) is 8.78. The average Bonchev–Trinajstić information content (AvgIpc) is 2.17. The van der Waals surface area contributed by atoms with E-state index < -0.39 is 5.91 Å². The molecule has 0 unspecified atom stereocenters. The summed E-state index contributed by atoms with van der Waals surface area (Å²) < 4.78 is 0. The highest BCUT2D eigenvalue weighted by atomic mass is 32.2. The summed E-state index contributed by atoms with van der Waals surface area (Å²) in [5.74, 6) is -1.03. The minimum atomic E-state index is -0.698. The SMILES string of the molecule is CSc1cnc(N)c(C(=O)N=C(N)N)n1. The summed E-state index contributed by atoms with van der Waals surface area (Å²) in [6, 6.07) is 0. The van der Waals surface area contributed by atoms with Crippen molar-refractivity contribution >= 4 is 29.4 Å². The molecule has 0 atom stereocenters. The van der Waals surface area contributed by atoms with Crippen molar-refractivity contribution < 1.29 is 4.79 Å². The number of hydrogen-bond donors (Lipinski definition) is 3. The molecule has 1 aromatic heterocycles. The second-order valence-corrected chi connectivity index (χ2v) is 3.31. The van der Waals surface area contributed by atoms with Gasteiger partial charge >= 0.3 is 5.91 Å². The molecule has 0 spiro atoms. The number of nitrogen functional groups attached to an aromatic ring is 1. The number of carbonyl (C=O) groups excluding carboxylic acids is 1. The minimum Gasteiger partial charge on any atom is -0.382 e. The lowest BCUT2D eigenvalue weighted by Gasteiger charge is -2.01. The minimum absolute atomic E-state index is 0.00259. The van der Waals surface area contributed by atoms with Crippen LogP contribution in [0, 0.1) is 0 Å². The van der Waals surface area contributed by atoms with E-state index in [1.807, 2.05) is 0 Å². The number of thioether (sulfide) groups is 1. The summed E-state index contributed by atoms with van der Waals surface area (Å²) in [4.78, 5) is 22.5. The number of nitrogens with two attached hydrogens (primary N) is 3. The molecule has 15 heavy (non-hydrogen) atoms. The third-order valence-corrected chi connectivity index (χ3v) is 2.04. The predicted molar refractivity (Wildman–Crippen MR) is 58.4 cm³/mol. The first-order valence-corrected chi connectivity index (χ1v) is 5.07. The van der Waals surface area contributed by atoms with Crippen molar-refractivity contribution in [2.24, 2.45) is 16.5 Å². The van der Waals surface area contributed by atoms with Gasteiger partial charge in [-0.2, -0.15) is 4.99 Å². The smallest absolute Gasteiger partial charge is 0.302 e. The molecule has 0 aromatic carbocycles. The number of anilines is 1. The zero-order valence-electron chi connectivity index (χ0n) is 7.97. The Balaban J connectivity index is 3.12. The van der Waals surface area contributed by atoms with Gasteiger partial charge in [0.2, 0.25) is 0 Å². The van der Waals surface area contributed by atoms with Crippen LogP contribution in [0.25, 0.3) is 0 Å². The van der Waals surface area contributed by atoms with Crippen LogP contribution < -0.4 is 17.2 Å². The van der Waals surface area contributed by atoms with Crippen molar-refractivity contribution in [2.75, 3.05) is 12.0 Å². The van der Waals surface area contributed by atoms with Gasteiger partial charge in [0.15, 0.2) is 17.5 Å². The number of nitrogens with zero attached hydrogens (tertiary/aromatic N) is 3. The molecule has 7 nitrogen and oxygen atoms in total. The summed E-state index contributed by atoms with van der Waals surface area (Å²) in [7, 11) is 0. The van der Waals surface area contributed by atoms with E-state index in [1.54, 1.807) is 6.26 Å². The number of guanidine groups is 1. The highest BCUT2D eigenvalue weighted by molar-refractivity contribution is 7.98. The molecule has 1 amide bonds. The number of rotatable bonds is 2. The molecule has 0 saturated heterocycles. The maximum absolute atomic E-state index is 11.4. The molecule has 0 saturated carbocycles. The van der Waals surface area contributed by atoms with Crippen molar-refractivity contribution in [3.05, 3.63) is 11.9 Å². The number of amides is 1. The van der Waals surface area contributed by atoms with Crippen LogP contribution >= 0.6 is 11.8 Å². The Kier molecular flexibility index (Phi) is 3.45. The predicted octanol–water partition coefficient (Wildman–Crippen LogP) is -0.806. The second kappa shape index (κ2) is 4.60. The lowest BCUT2D eigenvalue weighted by molar-refractivity contribution is 0.0998. The van der Waals surface area contributed by atoms with E-state index >= 15 is 0 Å². The van der Waals surface area contributed by atoms with Gasteiger partial charge in [-0.3, -0.25) is 4.79 Å². The first-order valence-electron chi connectivity index (χ1n) is 3.85. The standard InChI is InChI=1S/C7H10N6OS/c1-15-3-2-11-5(8)4(12-3)6(14)13-7(9)10/h2H,1H3,(H2,8,11)(H4,9,10,13,14). The van der Waals surface area contributed by atoms with Crippen molar-refractivity contribution in [1.29, 1.82) is 0 Å². The molecule has 0 aliphatic heterocycles. The molecule has 8 heteroatoms. The largest absolute Gasteiger partial charge is 0.382 e. The van der Waals surface area contributed by atoms with Crippen molar-refractivity contribution in [1.82, 2.24) is 9.97 Å². The number of aliphatic imine (C=N–C) groups is 1. The van der Waals surface area contributed by atoms with E-state index in [0.29, 0.717) is 5.03 Å². The molecule has 0 radical (unpaired) electrons. The monoisotopic (exact) mass is 226 g/mol. The number of aromatic nitrogens is 2. The van der Waals surface area contributed by atoms with Crippen molar-refractivity contribution in [2.45, 2.75) is 5.03 Å². The molecule has 0 aliphatic carbocycles. The second-order valence-electron chi connectivity index (χ2n) is 2.49. The van der Waals surface area contributed by atoms with Gasteiger partial charge in [-0.25, -0.2) is 9.97 Å². The van der Waals surface area contributed by atoms with Crippen LogP contribution in [0.2, 0.25) is 0 Å². The van der Waals surface area contributed by atoms with Gasteiger partial charge in [0.25, 0.3) is 0 Å². The van der Waals surface area contributed by atoms with Gasteiger partial charge in [-0.1, -0.05) is 0 Å². The molecule has 1 aromatic rings. The first kappa shape index (κ1) is 11.2. The van der Waals surface area contributed by atoms with Crippen LogP contribution in [0.5, 0.6) is 0 Å². The van der Waals surface area contributed by atoms with E-state index in [1.165, 1.54) is 18.0 Å².